The molecule has 0 spiro atoms. The topological polar surface area (TPSA) is 121 Å². The number of carboxylic acid groups (broad SMARTS) is 1. The summed E-state index contributed by atoms with van der Waals surface area (Å²) in [4.78, 5) is 33.3. The smallest absolute Gasteiger partial charge is 0.341 e. The number of nitrogens with two attached hydrogens (primary N) is 1. The van der Waals surface area contributed by atoms with E-state index in [-0.39, 0.29) is 34.2 Å². The van der Waals surface area contributed by atoms with Gasteiger partial charge in [-0.25, -0.2) is 14.8 Å². The molecule has 1 aliphatic heterocycles. The zero-order valence-electron chi connectivity index (χ0n) is 16.0. The van der Waals surface area contributed by atoms with Gasteiger partial charge in [-0.2, -0.15) is 0 Å². The van der Waals surface area contributed by atoms with Gasteiger partial charge in [0, 0.05) is 31.9 Å². The van der Waals surface area contributed by atoms with Crippen LogP contribution >= 0.6 is 35.0 Å². The van der Waals surface area contributed by atoms with Crippen LogP contribution in [-0.2, 0) is 11.3 Å². The molecule has 1 aromatic carbocycles. The quantitative estimate of drug-likeness (QED) is 0.417. The summed E-state index contributed by atoms with van der Waals surface area (Å²) in [6, 6.07) is 5.77. The molecule has 8 nitrogen and oxygen atoms in total. The molecule has 2 heterocycles. The molecule has 2 aromatic rings. The molecular weight excluding hydrogens is 449 g/mol. The summed E-state index contributed by atoms with van der Waals surface area (Å²) >= 11 is 13.1. The summed E-state index contributed by atoms with van der Waals surface area (Å²) in [6.07, 6.45) is 2.86. The van der Waals surface area contributed by atoms with E-state index >= 15 is 0 Å². The minimum atomic E-state index is -1.19. The lowest BCUT2D eigenvalue weighted by molar-refractivity contribution is -0.119. The van der Waals surface area contributed by atoms with Gasteiger partial charge >= 0.3 is 5.97 Å². The number of amides is 1. The van der Waals surface area contributed by atoms with Crippen molar-refractivity contribution in [1.29, 1.82) is 0 Å². The Kier molecular flexibility index (Phi) is 7.76. The number of nitrogens with zero attached hydrogens (tertiary/aromatic N) is 3. The normalized spacial score (nSPS) is 15.1. The number of hydrogen-bond donors (Lipinski definition) is 3. The van der Waals surface area contributed by atoms with Crippen molar-refractivity contribution in [3.05, 3.63) is 45.6 Å². The van der Waals surface area contributed by atoms with Crippen molar-refractivity contribution in [3.8, 4) is 0 Å². The predicted molar refractivity (Wildman–Crippen MR) is 117 cm³/mol. The second-order valence-electron chi connectivity index (χ2n) is 6.91. The largest absolute Gasteiger partial charge is 0.477 e. The fourth-order valence-corrected chi connectivity index (χ4v) is 4.10. The number of thioether (sulfide) groups is 1. The number of halogens is 2. The molecule has 30 heavy (non-hydrogen) atoms. The summed E-state index contributed by atoms with van der Waals surface area (Å²) in [6.45, 7) is 2.53. The van der Waals surface area contributed by atoms with E-state index in [0.29, 0.717) is 10.0 Å². The van der Waals surface area contributed by atoms with E-state index in [2.05, 4.69) is 20.2 Å². The number of piperidine rings is 1. The standard InChI is InChI=1S/C19H21Cl2N5O3S/c20-14-2-1-11(7-15(14)21)9-26-5-3-12(4-6-26)24-16(27)10-30-19-23-8-13(18(28)29)17(22)25-19/h1-2,7-8,12H,3-6,9-10H2,(H,24,27)(H,28,29)(H2,22,23,25). The molecule has 1 aliphatic rings. The van der Waals surface area contributed by atoms with Crippen LogP contribution < -0.4 is 11.1 Å². The van der Waals surface area contributed by atoms with Gasteiger partial charge in [-0.1, -0.05) is 41.0 Å². The van der Waals surface area contributed by atoms with Crippen molar-refractivity contribution in [2.75, 3.05) is 24.6 Å². The first-order valence-electron chi connectivity index (χ1n) is 9.26. The van der Waals surface area contributed by atoms with Crippen LogP contribution in [0.1, 0.15) is 28.8 Å². The highest BCUT2D eigenvalue weighted by molar-refractivity contribution is 7.99. The van der Waals surface area contributed by atoms with Gasteiger partial charge in [0.25, 0.3) is 0 Å². The van der Waals surface area contributed by atoms with Crippen LogP contribution in [0, 0.1) is 0 Å². The average molecular weight is 470 g/mol. The van der Waals surface area contributed by atoms with Crippen LogP contribution in [0.25, 0.3) is 0 Å². The summed E-state index contributed by atoms with van der Waals surface area (Å²) in [5, 5.41) is 13.3. The Labute approximate surface area is 188 Å². The first-order valence-corrected chi connectivity index (χ1v) is 11.0. The molecule has 4 N–H and O–H groups in total. The van der Waals surface area contributed by atoms with E-state index in [4.69, 9.17) is 34.0 Å². The second kappa shape index (κ2) is 10.3. The minimum absolute atomic E-state index is 0.114. The minimum Gasteiger partial charge on any atom is -0.477 e. The molecular formula is C19H21Cl2N5O3S. The number of nitrogen functional groups attached to an aromatic ring is 1. The molecule has 0 radical (unpaired) electrons. The molecule has 0 unspecified atom stereocenters. The number of carbonyl (C=O) groups is 2. The predicted octanol–water partition coefficient (Wildman–Crippen LogP) is 2.94. The number of nitrogens with one attached hydrogen (secondary N) is 1. The van der Waals surface area contributed by atoms with E-state index in [0.717, 1.165) is 56.0 Å². The number of aromatic carboxylic acids is 1. The molecule has 160 valence electrons. The molecule has 0 saturated carbocycles. The number of aromatic nitrogens is 2. The third kappa shape index (κ3) is 6.21. The first kappa shape index (κ1) is 22.6. The lowest BCUT2D eigenvalue weighted by Crippen LogP contribution is -2.44. The first-order chi connectivity index (χ1) is 14.3. The molecule has 1 amide bonds. The summed E-state index contributed by atoms with van der Waals surface area (Å²) in [5.74, 6) is -1.29. The Balaban J connectivity index is 1.41. The third-order valence-electron chi connectivity index (χ3n) is 4.70. The molecule has 1 saturated heterocycles. The molecule has 1 aromatic heterocycles. The van der Waals surface area contributed by atoms with Gasteiger partial charge in [-0.15, -0.1) is 0 Å². The maximum atomic E-state index is 12.2. The van der Waals surface area contributed by atoms with Gasteiger partial charge in [-0.3, -0.25) is 9.69 Å². The van der Waals surface area contributed by atoms with E-state index in [1.54, 1.807) is 6.07 Å². The lowest BCUT2D eigenvalue weighted by Gasteiger charge is -2.32. The molecule has 1 fully saturated rings. The van der Waals surface area contributed by atoms with Crippen molar-refractivity contribution in [3.63, 3.8) is 0 Å². The van der Waals surface area contributed by atoms with Crippen molar-refractivity contribution in [2.24, 2.45) is 0 Å². The summed E-state index contributed by atoms with van der Waals surface area (Å²) in [5.41, 5.74) is 6.55. The molecule has 3 rings (SSSR count). The van der Waals surface area contributed by atoms with E-state index in [1.807, 2.05) is 12.1 Å². The van der Waals surface area contributed by atoms with Crippen LogP contribution in [-0.4, -0.2) is 56.7 Å². The maximum absolute atomic E-state index is 12.2. The Hall–Kier alpha value is -2.07. The van der Waals surface area contributed by atoms with Crippen molar-refractivity contribution < 1.29 is 14.7 Å². The Bertz CT molecular complexity index is 938. The molecule has 0 atom stereocenters. The van der Waals surface area contributed by atoms with Crippen molar-refractivity contribution in [1.82, 2.24) is 20.2 Å². The van der Waals surface area contributed by atoms with Gasteiger partial charge in [0.2, 0.25) is 5.91 Å². The number of carbonyl (C=O) groups excluding carboxylic acids is 1. The highest BCUT2D eigenvalue weighted by Gasteiger charge is 2.21. The number of rotatable bonds is 7. The molecule has 11 heteroatoms. The summed E-state index contributed by atoms with van der Waals surface area (Å²) < 4.78 is 0. The fraction of sp³-hybridized carbons (Fsp3) is 0.368. The number of hydrogen-bond acceptors (Lipinski definition) is 7. The second-order valence-corrected chi connectivity index (χ2v) is 8.67. The molecule has 0 bridgehead atoms. The van der Waals surface area contributed by atoms with Crippen LogP contribution in [0.3, 0.4) is 0 Å². The Morgan fingerprint density at radius 3 is 2.63 bits per heavy atom. The van der Waals surface area contributed by atoms with E-state index < -0.39 is 5.97 Å². The number of carboxylic acids is 1. The van der Waals surface area contributed by atoms with Crippen LogP contribution in [0.15, 0.2) is 29.6 Å². The zero-order valence-corrected chi connectivity index (χ0v) is 18.3. The van der Waals surface area contributed by atoms with Gasteiger partial charge in [0.1, 0.15) is 11.4 Å². The van der Waals surface area contributed by atoms with Gasteiger partial charge in [0.05, 0.1) is 15.8 Å². The third-order valence-corrected chi connectivity index (χ3v) is 6.30. The molecule has 0 aliphatic carbocycles. The van der Waals surface area contributed by atoms with Gasteiger partial charge in [-0.05, 0) is 30.5 Å². The number of benzene rings is 1. The fourth-order valence-electron chi connectivity index (χ4n) is 3.14. The highest BCUT2D eigenvalue weighted by Crippen LogP contribution is 2.24. The SMILES string of the molecule is Nc1nc(SCC(=O)NC2CCN(Cc3ccc(Cl)c(Cl)c3)CC2)ncc1C(=O)O. The van der Waals surface area contributed by atoms with E-state index in [1.165, 1.54) is 0 Å². The van der Waals surface area contributed by atoms with Crippen LogP contribution in [0.2, 0.25) is 10.0 Å². The number of anilines is 1. The number of likely N-dealkylation sites (tertiary alicyclic amines) is 1. The maximum Gasteiger partial charge on any atom is 0.341 e. The van der Waals surface area contributed by atoms with Gasteiger partial charge in [0.15, 0.2) is 5.16 Å². The Morgan fingerprint density at radius 1 is 1.27 bits per heavy atom. The summed E-state index contributed by atoms with van der Waals surface area (Å²) in [7, 11) is 0. The monoisotopic (exact) mass is 469 g/mol. The zero-order chi connectivity index (χ0) is 21.7. The van der Waals surface area contributed by atoms with Crippen LogP contribution in [0.5, 0.6) is 0 Å². The Morgan fingerprint density at radius 2 is 2.00 bits per heavy atom. The van der Waals surface area contributed by atoms with Crippen molar-refractivity contribution >= 4 is 52.7 Å². The average Bonchev–Trinajstić information content (AvgIpc) is 2.70. The van der Waals surface area contributed by atoms with E-state index in [9.17, 15) is 9.59 Å². The lowest BCUT2D eigenvalue weighted by atomic mass is 10.0. The van der Waals surface area contributed by atoms with Gasteiger partial charge < -0.3 is 16.2 Å². The van der Waals surface area contributed by atoms with Crippen LogP contribution in [0.4, 0.5) is 5.82 Å². The highest BCUT2D eigenvalue weighted by atomic mass is 35.5. The van der Waals surface area contributed by atoms with Crippen molar-refractivity contribution in [2.45, 2.75) is 30.6 Å².